The van der Waals surface area contributed by atoms with Gasteiger partial charge in [0.25, 0.3) is 0 Å². The Morgan fingerprint density at radius 3 is 2.33 bits per heavy atom. The van der Waals surface area contributed by atoms with Gasteiger partial charge < -0.3 is 11.1 Å². The van der Waals surface area contributed by atoms with Crippen LogP contribution in [-0.2, 0) is 9.59 Å². The van der Waals surface area contributed by atoms with Crippen LogP contribution in [-0.4, -0.2) is 11.8 Å². The Bertz CT molecular complexity index is 394. The molecular weight excluding hydrogens is 192 g/mol. The fourth-order valence-corrected chi connectivity index (χ4v) is 0.979. The molecule has 0 radical (unpaired) electrons. The van der Waals surface area contributed by atoms with Crippen molar-refractivity contribution in [3.05, 3.63) is 42.0 Å². The standard InChI is InChI=1S/C11H12N2O2/c1-8-2-4-9(5-3-8)13-11(15)7-6-10(12)14/h2-7H,1H3,(H2,12,14)(H,13,15). The molecule has 78 valence electrons. The van der Waals surface area contributed by atoms with Gasteiger partial charge in [0.05, 0.1) is 0 Å². The van der Waals surface area contributed by atoms with Crippen molar-refractivity contribution in [3.63, 3.8) is 0 Å². The van der Waals surface area contributed by atoms with Crippen molar-refractivity contribution in [3.8, 4) is 0 Å². The van der Waals surface area contributed by atoms with Crippen LogP contribution in [0.25, 0.3) is 0 Å². The molecule has 4 heteroatoms. The van der Waals surface area contributed by atoms with E-state index in [4.69, 9.17) is 5.73 Å². The van der Waals surface area contributed by atoms with E-state index in [1.807, 2.05) is 19.1 Å². The van der Waals surface area contributed by atoms with Crippen LogP contribution in [0.5, 0.6) is 0 Å². The number of hydrogen-bond donors (Lipinski definition) is 2. The number of rotatable bonds is 3. The number of primary amides is 1. The first kappa shape index (κ1) is 11.0. The quantitative estimate of drug-likeness (QED) is 0.720. The van der Waals surface area contributed by atoms with E-state index in [9.17, 15) is 9.59 Å². The van der Waals surface area contributed by atoms with Crippen molar-refractivity contribution in [1.29, 1.82) is 0 Å². The number of anilines is 1. The zero-order valence-electron chi connectivity index (χ0n) is 8.36. The fourth-order valence-electron chi connectivity index (χ4n) is 0.979. The zero-order valence-corrected chi connectivity index (χ0v) is 8.36. The molecule has 0 spiro atoms. The summed E-state index contributed by atoms with van der Waals surface area (Å²) in [6.45, 7) is 1.96. The summed E-state index contributed by atoms with van der Waals surface area (Å²) >= 11 is 0. The molecule has 1 rings (SSSR count). The van der Waals surface area contributed by atoms with Crippen LogP contribution in [0, 0.1) is 6.92 Å². The summed E-state index contributed by atoms with van der Waals surface area (Å²) in [4.78, 5) is 21.6. The molecule has 1 aromatic carbocycles. The van der Waals surface area contributed by atoms with Crippen LogP contribution in [0.3, 0.4) is 0 Å². The first-order chi connectivity index (χ1) is 7.08. The largest absolute Gasteiger partial charge is 0.366 e. The minimum Gasteiger partial charge on any atom is -0.366 e. The third kappa shape index (κ3) is 4.08. The lowest BCUT2D eigenvalue weighted by molar-refractivity contribution is -0.115. The Hall–Kier alpha value is -2.10. The summed E-state index contributed by atoms with van der Waals surface area (Å²) in [5.41, 5.74) is 6.64. The third-order valence-corrected chi connectivity index (χ3v) is 1.72. The van der Waals surface area contributed by atoms with Crippen molar-refractivity contribution < 1.29 is 9.59 Å². The second-order valence-electron chi connectivity index (χ2n) is 3.09. The molecule has 0 saturated heterocycles. The van der Waals surface area contributed by atoms with Crippen molar-refractivity contribution in [2.45, 2.75) is 6.92 Å². The van der Waals surface area contributed by atoms with Crippen molar-refractivity contribution in [1.82, 2.24) is 0 Å². The monoisotopic (exact) mass is 204 g/mol. The molecule has 0 aliphatic carbocycles. The van der Waals surface area contributed by atoms with Gasteiger partial charge in [-0.2, -0.15) is 0 Å². The summed E-state index contributed by atoms with van der Waals surface area (Å²) in [6, 6.07) is 7.33. The van der Waals surface area contributed by atoms with E-state index in [-0.39, 0.29) is 5.91 Å². The summed E-state index contributed by atoms with van der Waals surface area (Å²) in [6.07, 6.45) is 2.12. The Balaban J connectivity index is 2.59. The van der Waals surface area contributed by atoms with Crippen LogP contribution in [0.1, 0.15) is 5.56 Å². The van der Waals surface area contributed by atoms with Gasteiger partial charge >= 0.3 is 0 Å². The molecule has 0 aromatic heterocycles. The molecule has 0 saturated carbocycles. The molecule has 4 nitrogen and oxygen atoms in total. The van der Waals surface area contributed by atoms with E-state index in [2.05, 4.69) is 5.32 Å². The van der Waals surface area contributed by atoms with E-state index in [1.165, 1.54) is 0 Å². The molecule has 1 aromatic rings. The van der Waals surface area contributed by atoms with E-state index < -0.39 is 5.91 Å². The van der Waals surface area contributed by atoms with Crippen molar-refractivity contribution in [2.24, 2.45) is 5.73 Å². The lowest BCUT2D eigenvalue weighted by atomic mass is 10.2. The summed E-state index contributed by atoms with van der Waals surface area (Å²) in [7, 11) is 0. The number of nitrogens with two attached hydrogens (primary N) is 1. The van der Waals surface area contributed by atoms with Crippen LogP contribution in [0.15, 0.2) is 36.4 Å². The molecule has 15 heavy (non-hydrogen) atoms. The molecule has 0 atom stereocenters. The van der Waals surface area contributed by atoms with Gasteiger partial charge in [-0.15, -0.1) is 0 Å². The Labute approximate surface area is 87.8 Å². The van der Waals surface area contributed by atoms with Gasteiger partial charge in [-0.1, -0.05) is 17.7 Å². The summed E-state index contributed by atoms with van der Waals surface area (Å²) in [5, 5.41) is 2.59. The minimum atomic E-state index is -0.644. The second kappa shape index (κ2) is 4.95. The maximum Gasteiger partial charge on any atom is 0.248 e. The number of nitrogens with one attached hydrogen (secondary N) is 1. The molecule has 0 heterocycles. The van der Waals surface area contributed by atoms with Crippen LogP contribution >= 0.6 is 0 Å². The molecule has 0 bridgehead atoms. The number of aryl methyl sites for hydroxylation is 1. The first-order valence-electron chi connectivity index (χ1n) is 4.43. The Morgan fingerprint density at radius 1 is 1.20 bits per heavy atom. The highest BCUT2D eigenvalue weighted by atomic mass is 16.2. The Morgan fingerprint density at radius 2 is 1.80 bits per heavy atom. The number of carbonyl (C=O) groups is 2. The predicted molar refractivity (Wildman–Crippen MR) is 58.1 cm³/mol. The molecule has 3 N–H and O–H groups in total. The number of amides is 2. The normalized spacial score (nSPS) is 10.2. The number of hydrogen-bond acceptors (Lipinski definition) is 2. The van der Waals surface area contributed by atoms with E-state index in [0.717, 1.165) is 17.7 Å². The third-order valence-electron chi connectivity index (χ3n) is 1.72. The molecule has 0 fully saturated rings. The van der Waals surface area contributed by atoms with Gasteiger partial charge in [0.2, 0.25) is 11.8 Å². The van der Waals surface area contributed by atoms with Gasteiger partial charge in [-0.3, -0.25) is 9.59 Å². The van der Waals surface area contributed by atoms with E-state index in [0.29, 0.717) is 5.69 Å². The topological polar surface area (TPSA) is 72.2 Å². The van der Waals surface area contributed by atoms with Crippen molar-refractivity contribution >= 4 is 17.5 Å². The highest BCUT2D eigenvalue weighted by Crippen LogP contribution is 2.08. The molecule has 0 unspecified atom stereocenters. The predicted octanol–water partition coefficient (Wildman–Crippen LogP) is 0.975. The maximum atomic E-state index is 11.2. The molecular formula is C11H12N2O2. The maximum absolute atomic E-state index is 11.2. The summed E-state index contributed by atoms with van der Waals surface area (Å²) in [5.74, 6) is -1.02. The van der Waals surface area contributed by atoms with Gasteiger partial charge in [0.15, 0.2) is 0 Å². The zero-order chi connectivity index (χ0) is 11.3. The Kier molecular flexibility index (Phi) is 3.62. The second-order valence-corrected chi connectivity index (χ2v) is 3.09. The van der Waals surface area contributed by atoms with Crippen LogP contribution in [0.4, 0.5) is 5.69 Å². The molecule has 2 amide bonds. The van der Waals surface area contributed by atoms with Gasteiger partial charge in [0, 0.05) is 17.8 Å². The lowest BCUT2D eigenvalue weighted by Crippen LogP contribution is -2.11. The minimum absolute atomic E-state index is 0.377. The SMILES string of the molecule is Cc1ccc(NC(=O)C=CC(N)=O)cc1. The average molecular weight is 204 g/mol. The van der Waals surface area contributed by atoms with Gasteiger partial charge in [-0.25, -0.2) is 0 Å². The number of carbonyl (C=O) groups excluding carboxylic acids is 2. The van der Waals surface area contributed by atoms with E-state index in [1.54, 1.807) is 12.1 Å². The number of benzene rings is 1. The van der Waals surface area contributed by atoms with E-state index >= 15 is 0 Å². The van der Waals surface area contributed by atoms with Crippen molar-refractivity contribution in [2.75, 3.05) is 5.32 Å². The molecule has 0 aliphatic heterocycles. The average Bonchev–Trinajstić information content (AvgIpc) is 2.19. The fraction of sp³-hybridized carbons (Fsp3) is 0.0909. The van der Waals surface area contributed by atoms with Gasteiger partial charge in [-0.05, 0) is 19.1 Å². The first-order valence-corrected chi connectivity index (χ1v) is 4.43. The lowest BCUT2D eigenvalue weighted by Gasteiger charge is -2.01. The molecule has 0 aliphatic rings. The van der Waals surface area contributed by atoms with Gasteiger partial charge in [0.1, 0.15) is 0 Å². The summed E-state index contributed by atoms with van der Waals surface area (Å²) < 4.78 is 0. The van der Waals surface area contributed by atoms with Crippen LogP contribution < -0.4 is 11.1 Å². The highest BCUT2D eigenvalue weighted by Gasteiger charge is 1.97. The smallest absolute Gasteiger partial charge is 0.248 e. The highest BCUT2D eigenvalue weighted by molar-refractivity contribution is 6.03. The van der Waals surface area contributed by atoms with Crippen LogP contribution in [0.2, 0.25) is 0 Å².